The Labute approximate surface area is 208 Å². The monoisotopic (exact) mass is 502 g/mol. The van der Waals surface area contributed by atoms with Crippen LogP contribution >= 0.6 is 0 Å². The van der Waals surface area contributed by atoms with Crippen LogP contribution in [0.25, 0.3) is 21.9 Å². The molecule has 0 saturated heterocycles. The van der Waals surface area contributed by atoms with Crippen molar-refractivity contribution in [3.63, 3.8) is 0 Å². The van der Waals surface area contributed by atoms with Crippen molar-refractivity contribution in [3.05, 3.63) is 103 Å². The molecular weight excluding hydrogens is 468 g/mol. The normalized spacial score (nSPS) is 14.4. The van der Waals surface area contributed by atoms with Crippen LogP contribution < -0.4 is 0 Å². The molecule has 1 atom stereocenters. The van der Waals surface area contributed by atoms with Crippen LogP contribution in [0.1, 0.15) is 44.4 Å². The van der Waals surface area contributed by atoms with Crippen molar-refractivity contribution in [2.45, 2.75) is 48.5 Å². The van der Waals surface area contributed by atoms with Crippen LogP contribution in [0, 0.1) is 47.6 Å². The summed E-state index contributed by atoms with van der Waals surface area (Å²) < 4.78 is 0. The number of rotatable bonds is 1. The van der Waals surface area contributed by atoms with E-state index in [2.05, 4.69) is 110 Å². The van der Waals surface area contributed by atoms with E-state index in [1.54, 1.807) is 0 Å². The first-order valence-corrected chi connectivity index (χ1v) is 14.2. The molecule has 2 radical (unpaired) electrons. The molecule has 3 aromatic rings. The van der Waals surface area contributed by atoms with Crippen molar-refractivity contribution in [1.82, 2.24) is 0 Å². The first kappa shape index (κ1) is 29.6. The Morgan fingerprint density at radius 3 is 1.94 bits per heavy atom. The molecule has 0 fully saturated rings. The zero-order valence-corrected chi connectivity index (χ0v) is 24.2. The average molecular weight is 504 g/mol. The summed E-state index contributed by atoms with van der Waals surface area (Å²) >= 11 is 1.36. The van der Waals surface area contributed by atoms with E-state index in [1.165, 1.54) is 78.6 Å². The molecule has 0 nitrogen and oxygen atoms in total. The second kappa shape index (κ2) is 13.2. The Bertz CT molecular complexity index is 1070. The van der Waals surface area contributed by atoms with Gasteiger partial charge in [-0.3, -0.25) is 6.08 Å². The van der Waals surface area contributed by atoms with E-state index in [4.69, 9.17) is 0 Å². The molecule has 4 rings (SSSR count). The number of benzene rings is 2. The molecule has 31 heavy (non-hydrogen) atoms. The number of hydrogen-bond donors (Lipinski definition) is 0. The van der Waals surface area contributed by atoms with Gasteiger partial charge in [-0.15, -0.1) is 53.6 Å². The molecular formula is C29H36SiZr-4. The second-order valence-electron chi connectivity index (χ2n) is 7.88. The van der Waals surface area contributed by atoms with E-state index >= 15 is 0 Å². The van der Waals surface area contributed by atoms with E-state index in [0.29, 0.717) is 5.92 Å². The minimum absolute atomic E-state index is 0. The van der Waals surface area contributed by atoms with Gasteiger partial charge in [0.2, 0.25) is 0 Å². The van der Waals surface area contributed by atoms with Crippen LogP contribution in [0.4, 0.5) is 0 Å². The summed E-state index contributed by atoms with van der Waals surface area (Å²) in [6, 6.07) is 17.6. The SMILES string of the molecule is CC1=[C-]C(C)C(C)=C1C.Cc1cc(C)c(-c2c[cH-]c3ccccc23)cc1C.[CH3-].[CH3-].[Si]=[Zr]. The molecule has 1 unspecified atom stereocenters. The van der Waals surface area contributed by atoms with Gasteiger partial charge in [0.25, 0.3) is 0 Å². The first-order chi connectivity index (χ1) is 13.8. The maximum absolute atomic E-state index is 3.36. The van der Waals surface area contributed by atoms with Gasteiger partial charge in [0, 0.05) is 0 Å². The van der Waals surface area contributed by atoms with E-state index in [-0.39, 0.29) is 14.9 Å². The molecule has 0 aromatic heterocycles. The van der Waals surface area contributed by atoms with Gasteiger partial charge in [0.1, 0.15) is 0 Å². The van der Waals surface area contributed by atoms with Crippen LogP contribution in [0.5, 0.6) is 0 Å². The third kappa shape index (κ3) is 6.80. The Morgan fingerprint density at radius 1 is 0.839 bits per heavy atom. The van der Waals surface area contributed by atoms with Gasteiger partial charge in [-0.05, 0) is 31.9 Å². The minimum atomic E-state index is 0. The number of fused-ring (bicyclic) bond motifs is 1. The quantitative estimate of drug-likeness (QED) is 0.231. The summed E-state index contributed by atoms with van der Waals surface area (Å²) in [5.41, 5.74) is 11.0. The zero-order chi connectivity index (χ0) is 21.7. The molecule has 0 saturated carbocycles. The van der Waals surface area contributed by atoms with Gasteiger partial charge in [0.15, 0.2) is 0 Å². The van der Waals surface area contributed by atoms with Gasteiger partial charge in [0.05, 0.1) is 0 Å². The van der Waals surface area contributed by atoms with Crippen molar-refractivity contribution < 1.29 is 23.3 Å². The third-order valence-corrected chi connectivity index (χ3v) is 6.05. The van der Waals surface area contributed by atoms with Crippen LogP contribution in [0.2, 0.25) is 0 Å². The van der Waals surface area contributed by atoms with Gasteiger partial charge >= 0.3 is 30.2 Å². The van der Waals surface area contributed by atoms with Gasteiger partial charge < -0.3 is 14.9 Å². The standard InChI is InChI=1S/C18H17.C9H13.2CH3.Si.Zr/c1-12-10-14(3)18(11-13(12)2)17-9-8-15-6-4-5-7-16(15)17;1-6-5-7(2)9(4)8(6)3;;;;/h4-11H,1-3H3;6H,1-4H3;2*1H3;;/q4*-1;;. The molecule has 2 heteroatoms. The van der Waals surface area contributed by atoms with Crippen molar-refractivity contribution in [1.29, 1.82) is 0 Å². The van der Waals surface area contributed by atoms with Crippen LogP contribution in [0.3, 0.4) is 0 Å². The van der Waals surface area contributed by atoms with Crippen molar-refractivity contribution >= 4 is 17.7 Å². The number of aryl methyl sites for hydroxylation is 3. The predicted octanol–water partition coefficient (Wildman–Crippen LogP) is 8.39. The third-order valence-electron chi connectivity index (χ3n) is 6.05. The Kier molecular flexibility index (Phi) is 12.7. The van der Waals surface area contributed by atoms with E-state index in [0.717, 1.165) is 0 Å². The summed E-state index contributed by atoms with van der Waals surface area (Å²) in [5, 5.41) is 2.67. The van der Waals surface area contributed by atoms with Crippen molar-refractivity contribution in [2.24, 2.45) is 5.92 Å². The molecule has 164 valence electrons. The molecule has 0 bridgehead atoms. The molecule has 0 amide bonds. The van der Waals surface area contributed by atoms with E-state index in [9.17, 15) is 0 Å². The van der Waals surface area contributed by atoms with Crippen LogP contribution in [-0.2, 0) is 23.3 Å². The van der Waals surface area contributed by atoms with E-state index in [1.807, 2.05) is 0 Å². The summed E-state index contributed by atoms with van der Waals surface area (Å²) in [6.45, 7) is 18.3. The summed E-state index contributed by atoms with van der Waals surface area (Å²) in [6.07, 6.45) is 3.36. The second-order valence-corrected chi connectivity index (χ2v) is 7.88. The molecule has 0 N–H and O–H groups in total. The molecule has 3 aromatic carbocycles. The first-order valence-electron chi connectivity index (χ1n) is 10.0. The van der Waals surface area contributed by atoms with Gasteiger partial charge in [-0.1, -0.05) is 56.0 Å². The van der Waals surface area contributed by atoms with Crippen molar-refractivity contribution in [3.8, 4) is 11.1 Å². The van der Waals surface area contributed by atoms with Crippen LogP contribution in [-0.4, -0.2) is 6.88 Å². The zero-order valence-electron chi connectivity index (χ0n) is 20.7. The molecule has 1 aliphatic carbocycles. The predicted molar refractivity (Wildman–Crippen MR) is 138 cm³/mol. The van der Waals surface area contributed by atoms with E-state index < -0.39 is 0 Å². The Morgan fingerprint density at radius 2 is 1.42 bits per heavy atom. The Hall–Kier alpha value is -1.37. The summed E-state index contributed by atoms with van der Waals surface area (Å²) in [5.74, 6) is 0.560. The summed E-state index contributed by atoms with van der Waals surface area (Å²) in [7, 11) is 0. The van der Waals surface area contributed by atoms with Gasteiger partial charge in [-0.25, -0.2) is 5.57 Å². The fourth-order valence-electron chi connectivity index (χ4n) is 3.80. The van der Waals surface area contributed by atoms with Crippen LogP contribution in [0.15, 0.2) is 65.3 Å². The maximum atomic E-state index is 3.36. The molecule has 0 aliphatic heterocycles. The molecule has 1 aliphatic rings. The fraction of sp³-hybridized carbons (Fsp3) is 0.276. The topological polar surface area (TPSA) is 0 Å². The average Bonchev–Trinajstić information content (AvgIpc) is 3.24. The molecule has 0 heterocycles. The number of allylic oxidation sites excluding steroid dienone is 4. The fourth-order valence-corrected chi connectivity index (χ4v) is 3.80. The van der Waals surface area contributed by atoms with Gasteiger partial charge in [-0.2, -0.15) is 11.1 Å². The summed E-state index contributed by atoms with van der Waals surface area (Å²) in [4.78, 5) is 0. The molecule has 0 spiro atoms. The Balaban J connectivity index is 0.000000595. The number of hydrogen-bond acceptors (Lipinski definition) is 0. The van der Waals surface area contributed by atoms with Crippen molar-refractivity contribution in [2.75, 3.05) is 0 Å².